The molecule has 4 aliphatic rings. The van der Waals surface area contributed by atoms with Crippen LogP contribution < -0.4 is 5.32 Å². The second kappa shape index (κ2) is 8.90. The number of carboxylic acids is 1. The van der Waals surface area contributed by atoms with Crippen molar-refractivity contribution in [3.63, 3.8) is 0 Å². The Morgan fingerprint density at radius 3 is 2.41 bits per heavy atom. The molecule has 4 saturated carbocycles. The van der Waals surface area contributed by atoms with Gasteiger partial charge in [-0.1, -0.05) is 20.8 Å². The van der Waals surface area contributed by atoms with Crippen molar-refractivity contribution in [1.29, 1.82) is 0 Å². The predicted octanol–water partition coefficient (Wildman–Crippen LogP) is 3.59. The number of hydrogen-bond acceptors (Lipinski definition) is 4. The highest BCUT2D eigenvalue weighted by molar-refractivity contribution is 5.81. The topological polar surface area (TPSA) is 107 Å². The van der Waals surface area contributed by atoms with Gasteiger partial charge in [0, 0.05) is 6.42 Å². The third kappa shape index (κ3) is 4.11. The average molecular weight is 450 g/mol. The molecule has 0 radical (unpaired) electrons. The molecule has 6 nitrogen and oxygen atoms in total. The fourth-order valence-electron chi connectivity index (χ4n) is 9.00. The number of amides is 1. The standard InChI is InChI=1S/C26H43NO5/c1-15(4-7-22(30)27-14-23(31)32)18-5-6-19-24-20(9-11-26(18,19)3)25(2)10-8-17(28)12-16(25)13-21(24)29/h15-21,24,28-29H,4-14H2,1-3H3,(H,27,30)(H,31,32)/t15-,16?,17-,18-,19?,20?,21+,24?,25+,26-/m1/s1. The van der Waals surface area contributed by atoms with Gasteiger partial charge in [-0.25, -0.2) is 0 Å². The Bertz CT molecular complexity index is 727. The van der Waals surface area contributed by atoms with Crippen LogP contribution in [-0.4, -0.2) is 45.9 Å². The Labute approximate surface area is 192 Å². The summed E-state index contributed by atoms with van der Waals surface area (Å²) in [5.41, 5.74) is 0.451. The Hall–Kier alpha value is -1.14. The van der Waals surface area contributed by atoms with E-state index in [-0.39, 0.29) is 35.5 Å². The van der Waals surface area contributed by atoms with Crippen molar-refractivity contribution in [3.05, 3.63) is 0 Å². The molecular formula is C26H43NO5. The van der Waals surface area contributed by atoms with Crippen molar-refractivity contribution in [2.24, 2.45) is 46.3 Å². The lowest BCUT2D eigenvalue weighted by molar-refractivity contribution is -0.174. The van der Waals surface area contributed by atoms with Gasteiger partial charge in [-0.3, -0.25) is 9.59 Å². The molecule has 32 heavy (non-hydrogen) atoms. The summed E-state index contributed by atoms with van der Waals surface area (Å²) in [6.45, 7) is 6.83. The van der Waals surface area contributed by atoms with Crippen LogP contribution in [0.5, 0.6) is 0 Å². The van der Waals surface area contributed by atoms with E-state index in [0.717, 1.165) is 44.9 Å². The van der Waals surface area contributed by atoms with E-state index in [0.29, 0.717) is 41.9 Å². The molecule has 10 atom stereocenters. The van der Waals surface area contributed by atoms with Gasteiger partial charge in [-0.2, -0.15) is 0 Å². The lowest BCUT2D eigenvalue weighted by Crippen LogP contribution is -2.58. The minimum atomic E-state index is -1.01. The highest BCUT2D eigenvalue weighted by Crippen LogP contribution is 2.68. The van der Waals surface area contributed by atoms with E-state index in [4.69, 9.17) is 5.11 Å². The Morgan fingerprint density at radius 2 is 1.69 bits per heavy atom. The average Bonchev–Trinajstić information content (AvgIpc) is 3.09. The van der Waals surface area contributed by atoms with Crippen molar-refractivity contribution in [3.8, 4) is 0 Å². The zero-order valence-corrected chi connectivity index (χ0v) is 20.1. The van der Waals surface area contributed by atoms with Crippen LogP contribution in [0.2, 0.25) is 0 Å². The maximum Gasteiger partial charge on any atom is 0.322 e. The number of aliphatic hydroxyl groups is 2. The van der Waals surface area contributed by atoms with Gasteiger partial charge in [0.15, 0.2) is 0 Å². The second-order valence-electron chi connectivity index (χ2n) is 12.1. The van der Waals surface area contributed by atoms with E-state index in [9.17, 15) is 19.8 Å². The molecular weight excluding hydrogens is 406 g/mol. The van der Waals surface area contributed by atoms with E-state index in [1.54, 1.807) is 0 Å². The van der Waals surface area contributed by atoms with Crippen LogP contribution >= 0.6 is 0 Å². The molecule has 1 amide bonds. The van der Waals surface area contributed by atoms with Crippen LogP contribution in [0.15, 0.2) is 0 Å². The van der Waals surface area contributed by atoms with Crippen LogP contribution in [0.25, 0.3) is 0 Å². The van der Waals surface area contributed by atoms with Crippen LogP contribution in [0, 0.1) is 46.3 Å². The molecule has 0 aromatic heterocycles. The summed E-state index contributed by atoms with van der Waals surface area (Å²) < 4.78 is 0. The zero-order chi connectivity index (χ0) is 23.3. The molecule has 4 aliphatic carbocycles. The summed E-state index contributed by atoms with van der Waals surface area (Å²) in [5, 5.41) is 32.8. The van der Waals surface area contributed by atoms with Gasteiger partial charge in [0.2, 0.25) is 5.91 Å². The third-order valence-corrected chi connectivity index (χ3v) is 10.7. The Morgan fingerprint density at radius 1 is 1.00 bits per heavy atom. The van der Waals surface area contributed by atoms with Crippen LogP contribution in [0.3, 0.4) is 0 Å². The summed E-state index contributed by atoms with van der Waals surface area (Å²) in [6.07, 6.45) is 9.06. The highest BCUT2D eigenvalue weighted by Gasteiger charge is 2.62. The van der Waals surface area contributed by atoms with Crippen LogP contribution in [-0.2, 0) is 9.59 Å². The van der Waals surface area contributed by atoms with Gasteiger partial charge in [-0.05, 0) is 104 Å². The third-order valence-electron chi connectivity index (χ3n) is 10.7. The van der Waals surface area contributed by atoms with E-state index in [1.165, 1.54) is 12.8 Å². The molecule has 0 saturated heterocycles. The summed E-state index contributed by atoms with van der Waals surface area (Å²) >= 11 is 0. The number of carbonyl (C=O) groups excluding carboxylic acids is 1. The number of hydrogen-bond donors (Lipinski definition) is 4. The van der Waals surface area contributed by atoms with Gasteiger partial charge in [0.25, 0.3) is 0 Å². The van der Waals surface area contributed by atoms with Crippen molar-refractivity contribution in [1.82, 2.24) is 5.32 Å². The van der Waals surface area contributed by atoms with Gasteiger partial charge in [0.05, 0.1) is 12.2 Å². The van der Waals surface area contributed by atoms with Crippen LogP contribution in [0.4, 0.5) is 0 Å². The fraction of sp³-hybridized carbons (Fsp3) is 0.923. The molecule has 0 heterocycles. The van der Waals surface area contributed by atoms with Crippen LogP contribution in [0.1, 0.15) is 85.0 Å². The number of aliphatic hydroxyl groups excluding tert-OH is 2. The van der Waals surface area contributed by atoms with E-state index < -0.39 is 5.97 Å². The fourth-order valence-corrected chi connectivity index (χ4v) is 9.00. The molecule has 0 aliphatic heterocycles. The molecule has 0 aromatic carbocycles. The second-order valence-corrected chi connectivity index (χ2v) is 12.1. The lowest BCUT2D eigenvalue weighted by Gasteiger charge is -2.62. The van der Waals surface area contributed by atoms with Gasteiger partial charge in [0.1, 0.15) is 6.54 Å². The Kier molecular flexibility index (Phi) is 6.68. The van der Waals surface area contributed by atoms with E-state index in [1.807, 2.05) is 0 Å². The van der Waals surface area contributed by atoms with E-state index in [2.05, 4.69) is 26.1 Å². The lowest BCUT2D eigenvalue weighted by atomic mass is 9.43. The summed E-state index contributed by atoms with van der Waals surface area (Å²) in [5.74, 6) is 1.66. The van der Waals surface area contributed by atoms with E-state index >= 15 is 0 Å². The molecule has 0 spiro atoms. The van der Waals surface area contributed by atoms with Crippen molar-refractivity contribution in [2.75, 3.05) is 6.54 Å². The van der Waals surface area contributed by atoms with Crippen molar-refractivity contribution in [2.45, 2.75) is 97.2 Å². The van der Waals surface area contributed by atoms with Crippen molar-refractivity contribution < 1.29 is 24.9 Å². The summed E-state index contributed by atoms with van der Waals surface area (Å²) in [4.78, 5) is 22.7. The first-order chi connectivity index (χ1) is 15.1. The molecule has 182 valence electrons. The minimum Gasteiger partial charge on any atom is -0.480 e. The number of aliphatic carboxylic acids is 1. The first-order valence-corrected chi connectivity index (χ1v) is 12.9. The predicted molar refractivity (Wildman–Crippen MR) is 122 cm³/mol. The summed E-state index contributed by atoms with van der Waals surface area (Å²) in [6, 6.07) is 0. The number of fused-ring (bicyclic) bond motifs is 5. The van der Waals surface area contributed by atoms with Crippen molar-refractivity contribution >= 4 is 11.9 Å². The van der Waals surface area contributed by atoms with Gasteiger partial charge in [-0.15, -0.1) is 0 Å². The molecule has 0 aromatic rings. The quantitative estimate of drug-likeness (QED) is 0.496. The smallest absolute Gasteiger partial charge is 0.322 e. The maximum atomic E-state index is 12.0. The first-order valence-electron chi connectivity index (χ1n) is 12.9. The summed E-state index contributed by atoms with van der Waals surface area (Å²) in [7, 11) is 0. The normalized spacial score (nSPS) is 46.5. The van der Waals surface area contributed by atoms with Gasteiger partial charge >= 0.3 is 5.97 Å². The molecule has 4 rings (SSSR count). The molecule has 4 unspecified atom stereocenters. The zero-order valence-electron chi connectivity index (χ0n) is 20.1. The first kappa shape index (κ1) is 24.0. The van der Waals surface area contributed by atoms with Gasteiger partial charge < -0.3 is 20.6 Å². The molecule has 0 bridgehead atoms. The monoisotopic (exact) mass is 449 g/mol. The number of rotatable bonds is 6. The number of nitrogens with one attached hydrogen (secondary N) is 1. The maximum absolute atomic E-state index is 12.0. The largest absolute Gasteiger partial charge is 0.480 e. The number of carbonyl (C=O) groups is 2. The minimum absolute atomic E-state index is 0.177. The molecule has 4 N–H and O–H groups in total. The molecule has 4 fully saturated rings. The highest BCUT2D eigenvalue weighted by atomic mass is 16.4. The Balaban J connectivity index is 1.44. The molecule has 6 heteroatoms. The number of carboxylic acid groups (broad SMARTS) is 1. The SMILES string of the molecule is C[C@H](CCC(=O)NCC(=O)O)[C@H]1CCC2C3C(CC[C@@]21C)[C@@]1(C)CC[C@@H](O)CC1C[C@@H]3O.